The van der Waals surface area contributed by atoms with E-state index in [2.05, 4.69) is 168 Å². The molecule has 4 heterocycles. The van der Waals surface area contributed by atoms with Crippen molar-refractivity contribution in [3.05, 3.63) is 164 Å². The molecule has 0 bridgehead atoms. The van der Waals surface area contributed by atoms with Crippen LogP contribution in [0, 0.1) is 0 Å². The average molecular weight is 710 g/mol. The molecule has 8 aromatic carbocycles. The van der Waals surface area contributed by atoms with E-state index in [9.17, 15) is 0 Å². The van der Waals surface area contributed by atoms with Gasteiger partial charge in [-0.1, -0.05) is 140 Å². The Kier molecular flexibility index (Phi) is 6.09. The summed E-state index contributed by atoms with van der Waals surface area (Å²) in [6.45, 7) is 0. The largest absolute Gasteiger partial charge is 0.292 e. The van der Waals surface area contributed by atoms with E-state index < -0.39 is 0 Å². The molecule has 246 valence electrons. The molecule has 0 spiro atoms. The lowest BCUT2D eigenvalue weighted by atomic mass is 10.00. The van der Waals surface area contributed by atoms with Crippen LogP contribution in [0.1, 0.15) is 0 Å². The summed E-state index contributed by atoms with van der Waals surface area (Å²) in [5, 5.41) is 12.4. The summed E-state index contributed by atoms with van der Waals surface area (Å²) in [6, 6.07) is 59.2. The molecule has 53 heavy (non-hydrogen) atoms. The maximum atomic E-state index is 5.57. The van der Waals surface area contributed by atoms with Crippen LogP contribution < -0.4 is 0 Å². The van der Waals surface area contributed by atoms with Gasteiger partial charge in [0.25, 0.3) is 0 Å². The third kappa shape index (κ3) is 4.20. The minimum Gasteiger partial charge on any atom is -0.292 e. The van der Waals surface area contributed by atoms with E-state index in [4.69, 9.17) is 9.97 Å². The fourth-order valence-electron chi connectivity index (χ4n) is 8.42. The van der Waals surface area contributed by atoms with Crippen molar-refractivity contribution in [2.45, 2.75) is 0 Å². The molecule has 0 atom stereocenters. The lowest BCUT2D eigenvalue weighted by Gasteiger charge is -2.13. The quantitative estimate of drug-likeness (QED) is 0.183. The minimum atomic E-state index is 0.724. The Labute approximate surface area is 311 Å². The molecule has 0 saturated heterocycles. The highest BCUT2D eigenvalue weighted by Crippen LogP contribution is 2.49. The highest BCUT2D eigenvalue weighted by atomic mass is 32.1. The lowest BCUT2D eigenvalue weighted by Crippen LogP contribution is -2.02. The number of hydrogen-bond acceptors (Lipinski definition) is 4. The second-order valence-corrected chi connectivity index (χ2v) is 15.8. The molecule has 0 saturated carbocycles. The molecule has 0 fully saturated rings. The third-order valence-corrected chi connectivity index (χ3v) is 13.1. The fourth-order valence-corrected chi connectivity index (χ4v) is 10.8. The predicted octanol–water partition coefficient (Wildman–Crippen LogP) is 13.9. The van der Waals surface area contributed by atoms with Crippen molar-refractivity contribution in [2.24, 2.45) is 0 Å². The smallest absolute Gasteiger partial charge is 0.163 e. The van der Waals surface area contributed by atoms with Crippen molar-refractivity contribution in [2.75, 3.05) is 0 Å². The zero-order valence-electron chi connectivity index (χ0n) is 28.2. The second-order valence-electron chi connectivity index (χ2n) is 13.7. The van der Waals surface area contributed by atoms with Gasteiger partial charge in [-0.15, -0.1) is 22.7 Å². The van der Waals surface area contributed by atoms with Crippen LogP contribution in [-0.2, 0) is 0 Å². The van der Waals surface area contributed by atoms with Crippen LogP contribution >= 0.6 is 22.7 Å². The van der Waals surface area contributed by atoms with Crippen LogP contribution in [-0.4, -0.2) is 14.5 Å². The van der Waals surface area contributed by atoms with Crippen molar-refractivity contribution in [3.63, 3.8) is 0 Å². The highest BCUT2D eigenvalue weighted by molar-refractivity contribution is 7.27. The third-order valence-electron chi connectivity index (χ3n) is 10.8. The Morgan fingerprint density at radius 2 is 1.02 bits per heavy atom. The molecular formula is C48H27N3S2. The number of rotatable bonds is 3. The number of aromatic nitrogens is 3. The molecule has 0 aliphatic carbocycles. The number of fused-ring (bicyclic) bond motifs is 14. The van der Waals surface area contributed by atoms with Crippen molar-refractivity contribution in [1.82, 2.24) is 14.5 Å². The van der Waals surface area contributed by atoms with Crippen molar-refractivity contribution >= 4 is 106 Å². The molecule has 0 unspecified atom stereocenters. The normalized spacial score (nSPS) is 12.2. The first-order valence-electron chi connectivity index (χ1n) is 17.8. The minimum absolute atomic E-state index is 0.724. The van der Waals surface area contributed by atoms with Gasteiger partial charge in [-0.25, -0.2) is 9.97 Å². The highest BCUT2D eigenvalue weighted by Gasteiger charge is 2.25. The van der Waals surface area contributed by atoms with Crippen LogP contribution in [0.25, 0.3) is 112 Å². The van der Waals surface area contributed by atoms with Crippen LogP contribution in [0.2, 0.25) is 0 Å². The van der Waals surface area contributed by atoms with Gasteiger partial charge in [0.2, 0.25) is 0 Å². The van der Waals surface area contributed by atoms with E-state index in [-0.39, 0.29) is 0 Å². The number of hydrogen-bond donors (Lipinski definition) is 0. The molecule has 12 aromatic rings. The number of para-hydroxylation sites is 1. The Balaban J connectivity index is 1.17. The molecule has 5 heteroatoms. The Morgan fingerprint density at radius 1 is 0.415 bits per heavy atom. The average Bonchev–Trinajstić information content (AvgIpc) is 3.91. The maximum Gasteiger partial charge on any atom is 0.163 e. The van der Waals surface area contributed by atoms with Crippen molar-refractivity contribution in [3.8, 4) is 28.3 Å². The monoisotopic (exact) mass is 709 g/mol. The Hall–Kier alpha value is -6.40. The van der Waals surface area contributed by atoms with Gasteiger partial charge < -0.3 is 0 Å². The molecule has 4 aromatic heterocycles. The van der Waals surface area contributed by atoms with E-state index >= 15 is 0 Å². The summed E-state index contributed by atoms with van der Waals surface area (Å²) in [6.07, 6.45) is 0. The second kappa shape index (κ2) is 11.1. The number of benzene rings is 8. The number of nitrogens with zero attached hydrogens (tertiary/aromatic N) is 3. The van der Waals surface area contributed by atoms with E-state index in [1.165, 1.54) is 79.2 Å². The SMILES string of the molecule is c1ccc2cc(-c3ccc(-c4nc(-n5c6ccccc6c6c7sc8ccccc8c7c7ccccc7c65)c5c(n4)sc4ccccc45)cc3)ccc2c1. The van der Waals surface area contributed by atoms with E-state index in [1.807, 2.05) is 11.3 Å². The zero-order valence-corrected chi connectivity index (χ0v) is 29.9. The summed E-state index contributed by atoms with van der Waals surface area (Å²) in [4.78, 5) is 11.9. The van der Waals surface area contributed by atoms with Gasteiger partial charge in [-0.2, -0.15) is 0 Å². The van der Waals surface area contributed by atoms with Gasteiger partial charge in [-0.3, -0.25) is 4.57 Å². The summed E-state index contributed by atoms with van der Waals surface area (Å²) < 4.78 is 6.27. The predicted molar refractivity (Wildman–Crippen MR) is 228 cm³/mol. The molecular weight excluding hydrogens is 683 g/mol. The molecule has 0 aliphatic heterocycles. The van der Waals surface area contributed by atoms with E-state index in [0.29, 0.717) is 0 Å². The van der Waals surface area contributed by atoms with Crippen LogP contribution in [0.3, 0.4) is 0 Å². The van der Waals surface area contributed by atoms with Gasteiger partial charge in [0, 0.05) is 52.0 Å². The van der Waals surface area contributed by atoms with Gasteiger partial charge in [0.1, 0.15) is 4.83 Å². The first kappa shape index (κ1) is 29.2. The summed E-state index contributed by atoms with van der Waals surface area (Å²) >= 11 is 3.63. The standard InChI is InChI=1S/C48H27N3S2/c1-2-12-31-27-32(26-23-28(31)11-1)29-21-24-30(25-22-29)46-49-47(43-37-17-7-10-20-40(37)53-48(43)50-46)51-38-18-8-5-15-35(38)42-44(51)34-14-4-3-13-33(34)41-36-16-6-9-19-39(36)52-45(41)42/h1-27H. The molecule has 0 amide bonds. The summed E-state index contributed by atoms with van der Waals surface area (Å²) in [7, 11) is 0. The van der Waals surface area contributed by atoms with Crippen LogP contribution in [0.5, 0.6) is 0 Å². The maximum absolute atomic E-state index is 5.57. The molecule has 0 N–H and O–H groups in total. The van der Waals surface area contributed by atoms with Crippen molar-refractivity contribution < 1.29 is 0 Å². The Morgan fingerprint density at radius 3 is 1.83 bits per heavy atom. The van der Waals surface area contributed by atoms with Crippen LogP contribution in [0.4, 0.5) is 0 Å². The fraction of sp³-hybridized carbons (Fsp3) is 0. The van der Waals surface area contributed by atoms with Gasteiger partial charge in [0.15, 0.2) is 11.6 Å². The number of thiophene rings is 2. The molecule has 12 rings (SSSR count). The van der Waals surface area contributed by atoms with E-state index in [1.54, 1.807) is 11.3 Å². The van der Waals surface area contributed by atoms with Crippen LogP contribution in [0.15, 0.2) is 164 Å². The van der Waals surface area contributed by atoms with Gasteiger partial charge in [-0.05, 0) is 51.6 Å². The Bertz CT molecular complexity index is 3460. The van der Waals surface area contributed by atoms with Gasteiger partial charge >= 0.3 is 0 Å². The van der Waals surface area contributed by atoms with E-state index in [0.717, 1.165) is 32.9 Å². The first-order valence-corrected chi connectivity index (χ1v) is 19.5. The first-order chi connectivity index (χ1) is 26.3. The topological polar surface area (TPSA) is 30.7 Å². The molecule has 3 nitrogen and oxygen atoms in total. The summed E-state index contributed by atoms with van der Waals surface area (Å²) in [5.41, 5.74) is 5.69. The van der Waals surface area contributed by atoms with Crippen molar-refractivity contribution in [1.29, 1.82) is 0 Å². The molecule has 0 radical (unpaired) electrons. The summed E-state index contributed by atoms with van der Waals surface area (Å²) in [5.74, 6) is 1.64. The lowest BCUT2D eigenvalue weighted by molar-refractivity contribution is 1.08. The van der Waals surface area contributed by atoms with Gasteiger partial charge in [0.05, 0.1) is 16.4 Å². The zero-order chi connectivity index (χ0) is 34.6. The molecule has 0 aliphatic rings.